The van der Waals surface area contributed by atoms with Crippen molar-refractivity contribution in [3.8, 4) is 28.6 Å². The van der Waals surface area contributed by atoms with E-state index in [2.05, 4.69) is 137 Å². The highest BCUT2D eigenvalue weighted by molar-refractivity contribution is 6.24. The molecule has 0 saturated carbocycles. The Morgan fingerprint density at radius 1 is 0.489 bits per heavy atom. The van der Waals surface area contributed by atoms with Gasteiger partial charge in [-0.3, -0.25) is 0 Å². The third kappa shape index (κ3) is 3.63. The molecule has 0 atom stereocenters. The van der Waals surface area contributed by atoms with Gasteiger partial charge in [0.15, 0.2) is 0 Å². The van der Waals surface area contributed by atoms with Gasteiger partial charge in [-0.05, 0) is 66.2 Å². The van der Waals surface area contributed by atoms with Gasteiger partial charge in [0.2, 0.25) is 0 Å². The van der Waals surface area contributed by atoms with Crippen LogP contribution in [0, 0.1) is 11.3 Å². The molecule has 4 heteroatoms. The van der Waals surface area contributed by atoms with E-state index in [1.54, 1.807) is 0 Å². The van der Waals surface area contributed by atoms with Crippen LogP contribution < -0.4 is 0 Å². The number of aromatic nitrogens is 2. The number of furan rings is 1. The summed E-state index contributed by atoms with van der Waals surface area (Å²) in [7, 11) is 0. The van der Waals surface area contributed by atoms with Gasteiger partial charge in [-0.1, -0.05) is 91.0 Å². The van der Waals surface area contributed by atoms with E-state index in [1.807, 2.05) is 30.3 Å². The van der Waals surface area contributed by atoms with E-state index in [0.29, 0.717) is 5.56 Å². The van der Waals surface area contributed by atoms with Gasteiger partial charge in [0.1, 0.15) is 11.2 Å². The smallest absolute Gasteiger partial charge is 0.145 e. The van der Waals surface area contributed by atoms with Crippen molar-refractivity contribution in [2.75, 3.05) is 0 Å². The van der Waals surface area contributed by atoms with Gasteiger partial charge in [-0.2, -0.15) is 5.26 Å². The molecule has 218 valence electrons. The molecule has 3 aromatic heterocycles. The lowest BCUT2D eigenvalue weighted by Crippen LogP contribution is -2.01. The van der Waals surface area contributed by atoms with Crippen molar-refractivity contribution >= 4 is 65.6 Å². The molecule has 0 unspecified atom stereocenters. The topological polar surface area (TPSA) is 46.8 Å². The number of hydrogen-bond donors (Lipinski definition) is 0. The van der Waals surface area contributed by atoms with Gasteiger partial charge >= 0.3 is 0 Å². The summed E-state index contributed by atoms with van der Waals surface area (Å²) in [6, 6.07) is 55.3. The van der Waals surface area contributed by atoms with E-state index < -0.39 is 0 Å². The Bertz CT molecular complexity index is 2880. The van der Waals surface area contributed by atoms with Crippen LogP contribution in [0.1, 0.15) is 5.56 Å². The molecule has 0 amide bonds. The number of nitriles is 1. The molecule has 0 aliphatic rings. The lowest BCUT2D eigenvalue weighted by Gasteiger charge is -2.17. The van der Waals surface area contributed by atoms with Gasteiger partial charge < -0.3 is 13.6 Å². The quantitative estimate of drug-likeness (QED) is 0.203. The maximum Gasteiger partial charge on any atom is 0.145 e. The molecule has 0 radical (unpaired) electrons. The van der Waals surface area contributed by atoms with E-state index >= 15 is 0 Å². The minimum atomic E-state index is 0.636. The molecule has 4 nitrogen and oxygen atoms in total. The number of rotatable bonds is 3. The van der Waals surface area contributed by atoms with Crippen LogP contribution in [0.3, 0.4) is 0 Å². The van der Waals surface area contributed by atoms with E-state index in [1.165, 1.54) is 10.8 Å². The number of hydrogen-bond acceptors (Lipinski definition) is 2. The Hall–Kier alpha value is -6.57. The first kappa shape index (κ1) is 25.7. The molecule has 0 aliphatic heterocycles. The van der Waals surface area contributed by atoms with Gasteiger partial charge in [-0.25, -0.2) is 0 Å². The standard InChI is InChI=1S/C43H25N3O/c44-26-27-10-9-11-28(24-27)30-21-20-29(25-40(30)46-36-16-5-1-12-31(36)32-13-2-6-17-37(32)46)45-38-18-7-3-15-35(38)42-39(45)23-22-34-33-14-4-8-19-41(33)47-43(34)42/h1-25H. The van der Waals surface area contributed by atoms with Gasteiger partial charge in [0.05, 0.1) is 44.8 Å². The van der Waals surface area contributed by atoms with E-state index in [0.717, 1.165) is 77.3 Å². The number of nitrogens with zero attached hydrogens (tertiary/aromatic N) is 3. The average Bonchev–Trinajstić information content (AvgIpc) is 3.79. The van der Waals surface area contributed by atoms with Crippen molar-refractivity contribution in [3.63, 3.8) is 0 Å². The van der Waals surface area contributed by atoms with Crippen LogP contribution in [-0.4, -0.2) is 9.13 Å². The molecule has 0 N–H and O–H groups in total. The van der Waals surface area contributed by atoms with Crippen LogP contribution in [0.5, 0.6) is 0 Å². The Kier molecular flexibility index (Phi) is 5.32. The molecule has 0 fully saturated rings. The molecule has 10 aromatic rings. The van der Waals surface area contributed by atoms with E-state index in [-0.39, 0.29) is 0 Å². The van der Waals surface area contributed by atoms with Crippen LogP contribution >= 0.6 is 0 Å². The minimum absolute atomic E-state index is 0.636. The monoisotopic (exact) mass is 599 g/mol. The van der Waals surface area contributed by atoms with Gasteiger partial charge in [-0.15, -0.1) is 0 Å². The van der Waals surface area contributed by atoms with E-state index in [9.17, 15) is 5.26 Å². The predicted molar refractivity (Wildman–Crippen MR) is 193 cm³/mol. The largest absolute Gasteiger partial charge is 0.455 e. The number of para-hydroxylation sites is 4. The van der Waals surface area contributed by atoms with Crippen molar-refractivity contribution < 1.29 is 4.42 Å². The van der Waals surface area contributed by atoms with Crippen LogP contribution in [0.15, 0.2) is 156 Å². The molecule has 0 aliphatic carbocycles. The van der Waals surface area contributed by atoms with E-state index in [4.69, 9.17) is 4.42 Å². The van der Waals surface area contributed by atoms with Crippen LogP contribution in [0.2, 0.25) is 0 Å². The molecule has 0 saturated heterocycles. The zero-order chi connectivity index (χ0) is 31.1. The van der Waals surface area contributed by atoms with Gasteiger partial charge in [0.25, 0.3) is 0 Å². The van der Waals surface area contributed by atoms with Crippen molar-refractivity contribution in [2.45, 2.75) is 0 Å². The first-order valence-electron chi connectivity index (χ1n) is 15.8. The first-order valence-corrected chi connectivity index (χ1v) is 15.8. The van der Waals surface area contributed by atoms with Gasteiger partial charge in [0, 0.05) is 38.2 Å². The summed E-state index contributed by atoms with van der Waals surface area (Å²) in [5.41, 5.74) is 11.1. The maximum atomic E-state index is 9.77. The zero-order valence-electron chi connectivity index (χ0n) is 25.2. The number of benzene rings is 7. The van der Waals surface area contributed by atoms with Crippen molar-refractivity contribution in [1.29, 1.82) is 5.26 Å². The SMILES string of the molecule is N#Cc1cccc(-c2ccc(-n3c4ccccc4c4c5oc6ccccc6c5ccc43)cc2-n2c3ccccc3c3ccccc32)c1. The third-order valence-corrected chi connectivity index (χ3v) is 9.54. The Morgan fingerprint density at radius 2 is 1.15 bits per heavy atom. The molecule has 7 aromatic carbocycles. The van der Waals surface area contributed by atoms with Crippen molar-refractivity contribution in [1.82, 2.24) is 9.13 Å². The van der Waals surface area contributed by atoms with Crippen LogP contribution in [-0.2, 0) is 0 Å². The predicted octanol–water partition coefficient (Wildman–Crippen LogP) is 11.3. The summed E-state index contributed by atoms with van der Waals surface area (Å²) in [6.07, 6.45) is 0. The summed E-state index contributed by atoms with van der Waals surface area (Å²) >= 11 is 0. The molecule has 3 heterocycles. The number of fused-ring (bicyclic) bond motifs is 10. The second kappa shape index (κ2) is 9.71. The Balaban J connectivity index is 1.33. The van der Waals surface area contributed by atoms with Crippen molar-refractivity contribution in [3.05, 3.63) is 157 Å². The molecule has 47 heavy (non-hydrogen) atoms. The highest BCUT2D eigenvalue weighted by atomic mass is 16.3. The second-order valence-electron chi connectivity index (χ2n) is 12.1. The molecule has 0 spiro atoms. The normalized spacial score (nSPS) is 11.8. The molecule has 10 rings (SSSR count). The third-order valence-electron chi connectivity index (χ3n) is 9.54. The zero-order valence-corrected chi connectivity index (χ0v) is 25.2. The second-order valence-corrected chi connectivity index (χ2v) is 12.1. The summed E-state index contributed by atoms with van der Waals surface area (Å²) in [4.78, 5) is 0. The fraction of sp³-hybridized carbons (Fsp3) is 0. The summed E-state index contributed by atoms with van der Waals surface area (Å²) in [6.45, 7) is 0. The lowest BCUT2D eigenvalue weighted by molar-refractivity contribution is 0.673. The lowest BCUT2D eigenvalue weighted by atomic mass is 10.0. The summed E-state index contributed by atoms with van der Waals surface area (Å²) in [5.74, 6) is 0. The minimum Gasteiger partial charge on any atom is -0.455 e. The van der Waals surface area contributed by atoms with Crippen LogP contribution in [0.25, 0.3) is 88.1 Å². The average molecular weight is 600 g/mol. The molecular formula is C43H25N3O. The highest BCUT2D eigenvalue weighted by Crippen LogP contribution is 2.42. The van der Waals surface area contributed by atoms with Crippen molar-refractivity contribution in [2.24, 2.45) is 0 Å². The summed E-state index contributed by atoms with van der Waals surface area (Å²) < 4.78 is 11.3. The Morgan fingerprint density at radius 3 is 1.89 bits per heavy atom. The highest BCUT2D eigenvalue weighted by Gasteiger charge is 2.21. The Labute approximate surface area is 269 Å². The molecular weight excluding hydrogens is 574 g/mol. The fourth-order valence-corrected chi connectivity index (χ4v) is 7.54. The van der Waals surface area contributed by atoms with Crippen LogP contribution in [0.4, 0.5) is 0 Å². The summed E-state index contributed by atoms with van der Waals surface area (Å²) in [5, 5.41) is 16.7. The fourth-order valence-electron chi connectivity index (χ4n) is 7.54. The first-order chi connectivity index (χ1) is 23.3. The maximum absolute atomic E-state index is 9.77. The molecule has 0 bridgehead atoms.